The molecule has 0 unspecified atom stereocenters. The fraction of sp³-hybridized carbons (Fsp3) is 0.125. The smallest absolute Gasteiger partial charge is 0.299 e. The summed E-state index contributed by atoms with van der Waals surface area (Å²) in [7, 11) is -2.44. The molecule has 1 aromatic heterocycles. The second-order valence-electron chi connectivity index (χ2n) is 5.20. The molecule has 0 saturated heterocycles. The van der Waals surface area contributed by atoms with Crippen molar-refractivity contribution in [2.45, 2.75) is 11.8 Å². The molecule has 0 aliphatic heterocycles. The van der Waals surface area contributed by atoms with Gasteiger partial charge in [-0.05, 0) is 37.3 Å². The van der Waals surface area contributed by atoms with Gasteiger partial charge >= 0.3 is 0 Å². The first kappa shape index (κ1) is 16.0. The maximum absolute atomic E-state index is 12.2. The first-order valence-corrected chi connectivity index (χ1v) is 8.48. The Balaban J connectivity index is 2.03. The van der Waals surface area contributed by atoms with Gasteiger partial charge in [0.1, 0.15) is 5.75 Å². The van der Waals surface area contributed by atoms with Crippen LogP contribution in [0.15, 0.2) is 57.0 Å². The number of rotatable bonds is 4. The Bertz CT molecular complexity index is 1020. The lowest BCUT2D eigenvalue weighted by atomic mass is 10.2. The summed E-state index contributed by atoms with van der Waals surface area (Å²) in [6, 6.07) is 11.3. The van der Waals surface area contributed by atoms with Crippen LogP contribution >= 0.6 is 0 Å². The zero-order valence-electron chi connectivity index (χ0n) is 13.0. The van der Waals surface area contributed by atoms with E-state index in [4.69, 9.17) is 4.74 Å². The quantitative estimate of drug-likeness (QED) is 0.704. The van der Waals surface area contributed by atoms with Gasteiger partial charge in [-0.15, -0.1) is 5.11 Å². The van der Waals surface area contributed by atoms with Crippen molar-refractivity contribution in [3.63, 3.8) is 0 Å². The van der Waals surface area contributed by atoms with Gasteiger partial charge in [0.25, 0.3) is 10.0 Å². The molecule has 2 N–H and O–H groups in total. The molecule has 7 nitrogen and oxygen atoms in total. The molecule has 0 aliphatic rings. The zero-order valence-corrected chi connectivity index (χ0v) is 13.8. The van der Waals surface area contributed by atoms with E-state index in [1.165, 1.54) is 19.2 Å². The van der Waals surface area contributed by atoms with Crippen molar-refractivity contribution in [2.75, 3.05) is 7.11 Å². The van der Waals surface area contributed by atoms with Crippen LogP contribution in [0.2, 0.25) is 0 Å². The third kappa shape index (κ3) is 2.95. The summed E-state index contributed by atoms with van der Waals surface area (Å²) in [5.74, 6) is 0.292. The standard InChI is InChI=1S/C16H15N3O4S/c1-10-3-6-12(7-4-10)24(21,22)19-18-15-13-9-11(23-2)5-8-14(13)17-16(15)20/h3-9,17,20H,1-2H3. The minimum absolute atomic E-state index is 0.0359. The lowest BCUT2D eigenvalue weighted by Gasteiger charge is -1.99. The number of sulfonamides is 1. The van der Waals surface area contributed by atoms with E-state index in [1.54, 1.807) is 30.3 Å². The molecule has 0 aliphatic carbocycles. The molecule has 0 saturated carbocycles. The van der Waals surface area contributed by atoms with Crippen molar-refractivity contribution >= 4 is 26.6 Å². The van der Waals surface area contributed by atoms with Gasteiger partial charge in [0, 0.05) is 5.39 Å². The number of benzene rings is 2. The molecule has 0 amide bonds. The monoisotopic (exact) mass is 345 g/mol. The molecule has 0 radical (unpaired) electrons. The highest BCUT2D eigenvalue weighted by atomic mass is 32.2. The number of H-pyrrole nitrogens is 1. The SMILES string of the molecule is COc1ccc2[nH]c(O)c(N=NS(=O)(=O)c3ccc(C)cc3)c2c1. The van der Waals surface area contributed by atoms with Gasteiger partial charge in [-0.25, -0.2) is 0 Å². The molecule has 0 atom stereocenters. The lowest BCUT2D eigenvalue weighted by molar-refractivity contribution is 0.415. The second-order valence-corrected chi connectivity index (χ2v) is 6.79. The van der Waals surface area contributed by atoms with Crippen LogP contribution in [0.25, 0.3) is 10.9 Å². The van der Waals surface area contributed by atoms with Crippen LogP contribution in [-0.2, 0) is 10.0 Å². The number of nitrogens with zero attached hydrogens (tertiary/aromatic N) is 2. The highest BCUT2D eigenvalue weighted by Crippen LogP contribution is 2.37. The zero-order chi connectivity index (χ0) is 17.3. The highest BCUT2D eigenvalue weighted by Gasteiger charge is 2.15. The summed E-state index contributed by atoms with van der Waals surface area (Å²) in [5, 5.41) is 14.2. The molecule has 3 rings (SSSR count). The maximum atomic E-state index is 12.2. The Kier molecular flexibility index (Phi) is 3.98. The molecule has 0 fully saturated rings. The van der Waals surface area contributed by atoms with Crippen LogP contribution in [0.4, 0.5) is 5.69 Å². The van der Waals surface area contributed by atoms with Gasteiger partial charge in [-0.1, -0.05) is 22.2 Å². The number of methoxy groups -OCH3 is 1. The van der Waals surface area contributed by atoms with E-state index in [2.05, 4.69) is 14.6 Å². The van der Waals surface area contributed by atoms with Crippen LogP contribution < -0.4 is 4.74 Å². The van der Waals surface area contributed by atoms with Crippen LogP contribution in [0.1, 0.15) is 5.56 Å². The Hall–Kier alpha value is -2.87. The summed E-state index contributed by atoms with van der Waals surface area (Å²) in [6.45, 7) is 1.86. The predicted molar refractivity (Wildman–Crippen MR) is 89.4 cm³/mol. The largest absolute Gasteiger partial charge is 0.497 e. The Morgan fingerprint density at radius 1 is 1.12 bits per heavy atom. The van der Waals surface area contributed by atoms with Gasteiger partial charge < -0.3 is 14.8 Å². The number of ether oxygens (including phenoxy) is 1. The fourth-order valence-electron chi connectivity index (χ4n) is 2.22. The highest BCUT2D eigenvalue weighted by molar-refractivity contribution is 7.90. The lowest BCUT2D eigenvalue weighted by Crippen LogP contribution is -1.95. The summed E-state index contributed by atoms with van der Waals surface area (Å²) >= 11 is 0. The predicted octanol–water partition coefficient (Wildman–Crippen LogP) is 3.66. The minimum Gasteiger partial charge on any atom is -0.497 e. The molecule has 0 spiro atoms. The van der Waals surface area contributed by atoms with E-state index in [0.717, 1.165) is 5.56 Å². The number of aromatic hydroxyl groups is 1. The number of hydrogen-bond donors (Lipinski definition) is 2. The van der Waals surface area contributed by atoms with Crippen molar-refractivity contribution in [2.24, 2.45) is 9.63 Å². The average molecular weight is 345 g/mol. The number of aromatic nitrogens is 1. The average Bonchev–Trinajstić information content (AvgIpc) is 2.87. The second kappa shape index (κ2) is 5.97. The van der Waals surface area contributed by atoms with Gasteiger partial charge in [0.15, 0.2) is 5.69 Å². The molecular weight excluding hydrogens is 330 g/mol. The van der Waals surface area contributed by atoms with E-state index < -0.39 is 10.0 Å². The first-order valence-electron chi connectivity index (χ1n) is 7.04. The molecular formula is C16H15N3O4S. The van der Waals surface area contributed by atoms with Gasteiger partial charge in [-0.2, -0.15) is 8.42 Å². The molecule has 1 heterocycles. The van der Waals surface area contributed by atoms with Gasteiger partial charge in [0.05, 0.1) is 17.5 Å². The maximum Gasteiger partial charge on any atom is 0.299 e. The van der Waals surface area contributed by atoms with E-state index in [1.807, 2.05) is 6.92 Å². The van der Waals surface area contributed by atoms with E-state index in [0.29, 0.717) is 16.7 Å². The molecule has 0 bridgehead atoms. The van der Waals surface area contributed by atoms with Gasteiger partial charge in [-0.3, -0.25) is 0 Å². The molecule has 24 heavy (non-hydrogen) atoms. The number of nitrogens with one attached hydrogen (secondary N) is 1. The topological polar surface area (TPSA) is 104 Å². The minimum atomic E-state index is -3.95. The fourth-order valence-corrected chi connectivity index (χ4v) is 2.99. The van der Waals surface area contributed by atoms with Crippen LogP contribution in [-0.4, -0.2) is 25.6 Å². The molecule has 3 aromatic rings. The Labute approximate surface area is 138 Å². The van der Waals surface area contributed by atoms with Crippen molar-refractivity contribution in [3.05, 3.63) is 48.0 Å². The third-order valence-electron chi connectivity index (χ3n) is 3.53. The van der Waals surface area contributed by atoms with Crippen LogP contribution in [0, 0.1) is 6.92 Å². The van der Waals surface area contributed by atoms with Gasteiger partial charge in [0.2, 0.25) is 5.88 Å². The number of aromatic amines is 1. The summed E-state index contributed by atoms with van der Waals surface area (Å²) in [5.41, 5.74) is 1.57. The van der Waals surface area contributed by atoms with Crippen molar-refractivity contribution in [1.82, 2.24) is 4.98 Å². The summed E-state index contributed by atoms with van der Waals surface area (Å²) < 4.78 is 33.0. The first-order chi connectivity index (χ1) is 11.4. The molecule has 8 heteroatoms. The number of fused-ring (bicyclic) bond motifs is 1. The van der Waals surface area contributed by atoms with Crippen molar-refractivity contribution in [1.29, 1.82) is 0 Å². The molecule has 2 aromatic carbocycles. The Morgan fingerprint density at radius 3 is 2.50 bits per heavy atom. The number of hydrogen-bond acceptors (Lipinski definition) is 5. The Morgan fingerprint density at radius 2 is 1.83 bits per heavy atom. The summed E-state index contributed by atoms with van der Waals surface area (Å²) in [6.07, 6.45) is 0. The number of aryl methyl sites for hydroxylation is 1. The van der Waals surface area contributed by atoms with E-state index in [-0.39, 0.29) is 16.5 Å². The normalized spacial score (nSPS) is 12.1. The third-order valence-corrected chi connectivity index (χ3v) is 4.69. The van der Waals surface area contributed by atoms with Crippen molar-refractivity contribution in [3.8, 4) is 11.6 Å². The van der Waals surface area contributed by atoms with Crippen molar-refractivity contribution < 1.29 is 18.3 Å². The molecule has 124 valence electrons. The van der Waals surface area contributed by atoms with E-state index in [9.17, 15) is 13.5 Å². The summed E-state index contributed by atoms with van der Waals surface area (Å²) in [4.78, 5) is 2.75. The van der Waals surface area contributed by atoms with Crippen LogP contribution in [0.3, 0.4) is 0 Å². The van der Waals surface area contributed by atoms with E-state index >= 15 is 0 Å². The van der Waals surface area contributed by atoms with Crippen LogP contribution in [0.5, 0.6) is 11.6 Å².